The predicted octanol–water partition coefficient (Wildman–Crippen LogP) is 2.52. The molecule has 2 aliphatic rings. The second-order valence-corrected chi connectivity index (χ2v) is 8.10. The number of ether oxygens (including phenoxy) is 1. The maximum Gasteiger partial charge on any atom is 0.410 e. The summed E-state index contributed by atoms with van der Waals surface area (Å²) in [6.07, 6.45) is 4.48. The van der Waals surface area contributed by atoms with Crippen LogP contribution in [0.3, 0.4) is 0 Å². The molecule has 2 saturated heterocycles. The van der Waals surface area contributed by atoms with Gasteiger partial charge < -0.3 is 14.5 Å². The minimum absolute atomic E-state index is 0.0178. The van der Waals surface area contributed by atoms with E-state index in [0.717, 1.165) is 45.4 Å². The van der Waals surface area contributed by atoms with E-state index in [1.54, 1.807) is 12.3 Å². The van der Waals surface area contributed by atoms with Gasteiger partial charge in [-0.15, -0.1) is 0 Å². The minimum Gasteiger partial charge on any atom is -0.444 e. The van der Waals surface area contributed by atoms with Crippen LogP contribution in [0.1, 0.15) is 50.5 Å². The lowest BCUT2D eigenvalue weighted by Crippen LogP contribution is -2.43. The molecule has 0 aromatic carbocycles. The van der Waals surface area contributed by atoms with E-state index in [-0.39, 0.29) is 12.0 Å². The van der Waals surface area contributed by atoms with Gasteiger partial charge in [0, 0.05) is 32.4 Å². The first-order valence-corrected chi connectivity index (χ1v) is 9.10. The molecule has 3 rings (SSSR count). The molecule has 0 unspecified atom stereocenters. The van der Waals surface area contributed by atoms with Gasteiger partial charge in [-0.3, -0.25) is 9.89 Å². The van der Waals surface area contributed by atoms with Gasteiger partial charge in [-0.1, -0.05) is 0 Å². The van der Waals surface area contributed by atoms with Gasteiger partial charge in [-0.25, -0.2) is 4.79 Å². The minimum atomic E-state index is -0.465. The van der Waals surface area contributed by atoms with Crippen LogP contribution in [0.5, 0.6) is 0 Å². The number of rotatable bonds is 2. The molecular formula is C18H28N4O3. The number of carbonyl (C=O) groups excluding carboxylic acids is 2. The highest BCUT2D eigenvalue weighted by Gasteiger charge is 2.36. The standard InChI is InChI=1S/C18H28N4O3/c1-18(2,3)25-17(24)22-10-7-14(12-22)13-5-4-9-21(11-13)16(23)15-6-8-19-20-15/h6,8,13-14H,4-5,7,9-12H2,1-3H3,(H,19,20)/t13-,14-/m0/s1. The number of hydrogen-bond acceptors (Lipinski definition) is 4. The largest absolute Gasteiger partial charge is 0.444 e. The molecular weight excluding hydrogens is 320 g/mol. The Hall–Kier alpha value is -2.05. The van der Waals surface area contributed by atoms with Gasteiger partial charge in [-0.05, 0) is 57.9 Å². The van der Waals surface area contributed by atoms with Gasteiger partial charge >= 0.3 is 6.09 Å². The molecule has 2 fully saturated rings. The highest BCUT2D eigenvalue weighted by Crippen LogP contribution is 2.32. The Kier molecular flexibility index (Phi) is 5.01. The molecule has 2 atom stereocenters. The quantitative estimate of drug-likeness (QED) is 0.891. The summed E-state index contributed by atoms with van der Waals surface area (Å²) >= 11 is 0. The van der Waals surface area contributed by atoms with E-state index in [1.807, 2.05) is 30.6 Å². The summed E-state index contributed by atoms with van der Waals surface area (Å²) in [4.78, 5) is 28.5. The number of likely N-dealkylation sites (tertiary alicyclic amines) is 2. The van der Waals surface area contributed by atoms with Crippen molar-refractivity contribution in [3.05, 3.63) is 18.0 Å². The van der Waals surface area contributed by atoms with Crippen molar-refractivity contribution in [1.29, 1.82) is 0 Å². The van der Waals surface area contributed by atoms with E-state index in [0.29, 0.717) is 17.5 Å². The fraction of sp³-hybridized carbons (Fsp3) is 0.722. The first kappa shape index (κ1) is 17.8. The second kappa shape index (κ2) is 7.06. The zero-order chi connectivity index (χ0) is 18.0. The molecule has 0 bridgehead atoms. The Balaban J connectivity index is 1.56. The van der Waals surface area contributed by atoms with Crippen LogP contribution in [0.4, 0.5) is 4.79 Å². The third-order valence-electron chi connectivity index (χ3n) is 5.02. The molecule has 1 aromatic rings. The van der Waals surface area contributed by atoms with Gasteiger partial charge in [0.25, 0.3) is 5.91 Å². The Bertz CT molecular complexity index is 608. The molecule has 2 amide bonds. The summed E-state index contributed by atoms with van der Waals surface area (Å²) in [5, 5.41) is 6.61. The van der Waals surface area contributed by atoms with Crippen molar-refractivity contribution in [2.24, 2.45) is 11.8 Å². The van der Waals surface area contributed by atoms with Crippen LogP contribution >= 0.6 is 0 Å². The highest BCUT2D eigenvalue weighted by atomic mass is 16.6. The van der Waals surface area contributed by atoms with Crippen LogP contribution < -0.4 is 0 Å². The van der Waals surface area contributed by atoms with E-state index < -0.39 is 5.60 Å². The van der Waals surface area contributed by atoms with Crippen molar-refractivity contribution in [2.75, 3.05) is 26.2 Å². The number of nitrogens with one attached hydrogen (secondary N) is 1. The molecule has 138 valence electrons. The number of nitrogens with zero attached hydrogens (tertiary/aromatic N) is 3. The van der Waals surface area contributed by atoms with E-state index >= 15 is 0 Å². The number of amides is 2. The zero-order valence-corrected chi connectivity index (χ0v) is 15.3. The number of carbonyl (C=O) groups is 2. The van der Waals surface area contributed by atoms with Crippen molar-refractivity contribution in [1.82, 2.24) is 20.0 Å². The summed E-state index contributed by atoms with van der Waals surface area (Å²) in [5.41, 5.74) is 0.0790. The number of aromatic amines is 1. The molecule has 0 spiro atoms. The summed E-state index contributed by atoms with van der Waals surface area (Å²) in [7, 11) is 0. The van der Waals surface area contributed by atoms with Crippen LogP contribution in [0, 0.1) is 11.8 Å². The zero-order valence-electron chi connectivity index (χ0n) is 15.3. The van der Waals surface area contributed by atoms with E-state index in [4.69, 9.17) is 4.74 Å². The average Bonchev–Trinajstić information content (AvgIpc) is 3.24. The van der Waals surface area contributed by atoms with Gasteiger partial charge in [0.15, 0.2) is 0 Å². The molecule has 1 N–H and O–H groups in total. The molecule has 0 radical (unpaired) electrons. The number of hydrogen-bond donors (Lipinski definition) is 1. The highest BCUT2D eigenvalue weighted by molar-refractivity contribution is 5.92. The molecule has 7 nitrogen and oxygen atoms in total. The summed E-state index contributed by atoms with van der Waals surface area (Å²) in [6, 6.07) is 1.71. The van der Waals surface area contributed by atoms with Gasteiger partial charge in [0.1, 0.15) is 11.3 Å². The Labute approximate surface area is 148 Å². The monoisotopic (exact) mass is 348 g/mol. The molecule has 25 heavy (non-hydrogen) atoms. The fourth-order valence-electron chi connectivity index (χ4n) is 3.79. The SMILES string of the molecule is CC(C)(C)OC(=O)N1CC[C@H]([C@H]2CCCN(C(=O)c3ccn[nH]3)C2)C1. The first-order valence-electron chi connectivity index (χ1n) is 9.10. The van der Waals surface area contributed by atoms with Gasteiger partial charge in [0.2, 0.25) is 0 Å². The Morgan fingerprint density at radius 3 is 2.56 bits per heavy atom. The van der Waals surface area contributed by atoms with Crippen LogP contribution in [-0.2, 0) is 4.74 Å². The summed E-state index contributed by atoms with van der Waals surface area (Å²) in [5.74, 6) is 0.891. The molecule has 1 aromatic heterocycles. The van der Waals surface area contributed by atoms with E-state index in [2.05, 4.69) is 10.2 Å². The maximum atomic E-state index is 12.5. The lowest BCUT2D eigenvalue weighted by atomic mass is 9.85. The number of piperidine rings is 1. The Morgan fingerprint density at radius 1 is 1.16 bits per heavy atom. The lowest BCUT2D eigenvalue weighted by molar-refractivity contribution is 0.0274. The number of H-pyrrole nitrogens is 1. The van der Waals surface area contributed by atoms with Crippen molar-refractivity contribution in [3.63, 3.8) is 0 Å². The summed E-state index contributed by atoms with van der Waals surface area (Å²) in [6.45, 7) is 8.67. The molecule has 3 heterocycles. The smallest absolute Gasteiger partial charge is 0.410 e. The fourth-order valence-corrected chi connectivity index (χ4v) is 3.79. The van der Waals surface area contributed by atoms with Gasteiger partial charge in [-0.2, -0.15) is 5.10 Å². The van der Waals surface area contributed by atoms with Crippen molar-refractivity contribution in [3.8, 4) is 0 Å². The predicted molar refractivity (Wildman–Crippen MR) is 93.1 cm³/mol. The average molecular weight is 348 g/mol. The van der Waals surface area contributed by atoms with Crippen molar-refractivity contribution < 1.29 is 14.3 Å². The maximum absolute atomic E-state index is 12.5. The van der Waals surface area contributed by atoms with Crippen molar-refractivity contribution in [2.45, 2.75) is 45.6 Å². The van der Waals surface area contributed by atoms with Crippen LogP contribution in [-0.4, -0.2) is 63.8 Å². The molecule has 2 aliphatic heterocycles. The normalized spacial score (nSPS) is 24.4. The first-order chi connectivity index (χ1) is 11.8. The third kappa shape index (κ3) is 4.32. The van der Waals surface area contributed by atoms with Crippen LogP contribution in [0.15, 0.2) is 12.3 Å². The summed E-state index contributed by atoms with van der Waals surface area (Å²) < 4.78 is 5.48. The second-order valence-electron chi connectivity index (χ2n) is 8.10. The van der Waals surface area contributed by atoms with Crippen LogP contribution in [0.25, 0.3) is 0 Å². The number of aromatic nitrogens is 2. The molecule has 0 aliphatic carbocycles. The Morgan fingerprint density at radius 2 is 1.88 bits per heavy atom. The van der Waals surface area contributed by atoms with E-state index in [9.17, 15) is 9.59 Å². The van der Waals surface area contributed by atoms with E-state index in [1.165, 1.54) is 0 Å². The lowest BCUT2D eigenvalue weighted by Gasteiger charge is -2.35. The van der Waals surface area contributed by atoms with Crippen molar-refractivity contribution >= 4 is 12.0 Å². The molecule has 0 saturated carbocycles. The third-order valence-corrected chi connectivity index (χ3v) is 5.02. The topological polar surface area (TPSA) is 78.5 Å². The van der Waals surface area contributed by atoms with Crippen LogP contribution in [0.2, 0.25) is 0 Å². The van der Waals surface area contributed by atoms with Gasteiger partial charge in [0.05, 0.1) is 0 Å². The molecule has 7 heteroatoms.